The minimum atomic E-state index is -0.177. The summed E-state index contributed by atoms with van der Waals surface area (Å²) in [7, 11) is 6.57. The van der Waals surface area contributed by atoms with Crippen LogP contribution in [0.2, 0.25) is 5.02 Å². The van der Waals surface area contributed by atoms with Crippen LogP contribution in [0.5, 0.6) is 17.2 Å². The van der Waals surface area contributed by atoms with Crippen LogP contribution in [0.25, 0.3) is 0 Å². The van der Waals surface area contributed by atoms with Crippen molar-refractivity contribution in [2.45, 2.75) is 39.3 Å². The number of nitrogens with zero attached hydrogens (tertiary/aromatic N) is 3. The Labute approximate surface area is 206 Å². The molecule has 0 saturated heterocycles. The molecule has 8 heteroatoms. The van der Waals surface area contributed by atoms with Crippen LogP contribution in [-0.4, -0.2) is 41.9 Å². The topological polar surface area (TPSA) is 65.8 Å². The van der Waals surface area contributed by atoms with Crippen LogP contribution < -0.4 is 14.2 Å². The summed E-state index contributed by atoms with van der Waals surface area (Å²) >= 11 is 6.21. The van der Waals surface area contributed by atoms with Gasteiger partial charge in [-0.3, -0.25) is 9.48 Å². The summed E-state index contributed by atoms with van der Waals surface area (Å²) in [5, 5.41) is 5.10. The van der Waals surface area contributed by atoms with Crippen LogP contribution in [0.1, 0.15) is 48.1 Å². The smallest absolute Gasteiger partial charge is 0.272 e. The van der Waals surface area contributed by atoms with E-state index in [1.54, 1.807) is 44.0 Å². The van der Waals surface area contributed by atoms with E-state index in [1.165, 1.54) is 0 Å². The van der Waals surface area contributed by atoms with Gasteiger partial charge in [0.15, 0.2) is 0 Å². The Hall–Kier alpha value is -3.19. The zero-order valence-electron chi connectivity index (χ0n) is 20.8. The van der Waals surface area contributed by atoms with Gasteiger partial charge in [0.25, 0.3) is 5.91 Å². The molecule has 1 aromatic heterocycles. The second kappa shape index (κ2) is 10.4. The first-order chi connectivity index (χ1) is 16.1. The molecule has 182 valence electrons. The van der Waals surface area contributed by atoms with Crippen molar-refractivity contribution in [3.05, 3.63) is 70.0 Å². The van der Waals surface area contributed by atoms with Gasteiger partial charge in [-0.1, -0.05) is 38.4 Å². The third-order valence-corrected chi connectivity index (χ3v) is 5.91. The lowest BCUT2D eigenvalue weighted by atomic mass is 9.92. The van der Waals surface area contributed by atoms with Gasteiger partial charge in [0, 0.05) is 30.6 Å². The van der Waals surface area contributed by atoms with Crippen LogP contribution in [0.15, 0.2) is 42.5 Å². The number of aryl methyl sites for hydroxylation is 1. The van der Waals surface area contributed by atoms with Crippen LogP contribution in [-0.2, 0) is 25.6 Å². The Bertz CT molecular complexity index is 1170. The van der Waals surface area contributed by atoms with Crippen molar-refractivity contribution < 1.29 is 19.0 Å². The third kappa shape index (κ3) is 5.65. The predicted octanol–water partition coefficient (Wildman–Crippen LogP) is 5.24. The molecule has 0 radical (unpaired) electrons. The molecule has 2 aromatic carbocycles. The highest BCUT2D eigenvalue weighted by molar-refractivity contribution is 6.32. The van der Waals surface area contributed by atoms with Crippen molar-refractivity contribution >= 4 is 17.5 Å². The van der Waals surface area contributed by atoms with E-state index in [-0.39, 0.29) is 11.3 Å². The summed E-state index contributed by atoms with van der Waals surface area (Å²) in [5.74, 6) is 1.75. The first-order valence-electron chi connectivity index (χ1n) is 10.9. The second-order valence-corrected chi connectivity index (χ2v) is 9.50. The zero-order chi connectivity index (χ0) is 25.0. The molecule has 0 saturated carbocycles. The van der Waals surface area contributed by atoms with Gasteiger partial charge in [-0.05, 0) is 35.9 Å². The molecule has 0 bridgehead atoms. The molecule has 0 aliphatic carbocycles. The fourth-order valence-electron chi connectivity index (χ4n) is 3.61. The van der Waals surface area contributed by atoms with Gasteiger partial charge >= 0.3 is 0 Å². The Balaban J connectivity index is 2.02. The summed E-state index contributed by atoms with van der Waals surface area (Å²) < 4.78 is 17.9. The van der Waals surface area contributed by atoms with Crippen molar-refractivity contribution in [1.29, 1.82) is 0 Å². The number of carbonyl (C=O) groups excluding carboxylic acids is 1. The van der Waals surface area contributed by atoms with E-state index < -0.39 is 0 Å². The lowest BCUT2D eigenvalue weighted by molar-refractivity contribution is 0.0717. The first-order valence-corrected chi connectivity index (χ1v) is 11.3. The molecule has 0 aliphatic heterocycles. The van der Waals surface area contributed by atoms with Gasteiger partial charge in [0.2, 0.25) is 0 Å². The fourth-order valence-corrected chi connectivity index (χ4v) is 3.80. The van der Waals surface area contributed by atoms with E-state index in [2.05, 4.69) is 25.9 Å². The minimum Gasteiger partial charge on any atom is -0.497 e. The number of carbonyl (C=O) groups is 1. The minimum absolute atomic E-state index is 0.141. The number of hydrogen-bond donors (Lipinski definition) is 0. The monoisotopic (exact) mass is 485 g/mol. The number of aromatic nitrogens is 2. The molecule has 0 spiro atoms. The largest absolute Gasteiger partial charge is 0.497 e. The molecule has 1 heterocycles. The lowest BCUT2D eigenvalue weighted by Gasteiger charge is -2.24. The van der Waals surface area contributed by atoms with Crippen LogP contribution >= 0.6 is 11.6 Å². The molecule has 3 aromatic rings. The Morgan fingerprint density at radius 1 is 0.971 bits per heavy atom. The quantitative estimate of drug-likeness (QED) is 0.436. The van der Waals surface area contributed by atoms with E-state index >= 15 is 0 Å². The van der Waals surface area contributed by atoms with Crippen molar-refractivity contribution in [3.8, 4) is 17.2 Å². The van der Waals surface area contributed by atoms with Crippen LogP contribution in [0, 0.1) is 0 Å². The number of benzene rings is 2. The summed E-state index contributed by atoms with van der Waals surface area (Å²) in [6.45, 7) is 6.89. The second-order valence-electron chi connectivity index (χ2n) is 9.10. The number of amides is 1. The maximum Gasteiger partial charge on any atom is 0.272 e. The highest BCUT2D eigenvalue weighted by Crippen LogP contribution is 2.29. The number of hydrogen-bond acceptors (Lipinski definition) is 5. The van der Waals surface area contributed by atoms with Gasteiger partial charge in [-0.25, -0.2) is 0 Å². The van der Waals surface area contributed by atoms with Crippen molar-refractivity contribution in [2.24, 2.45) is 7.05 Å². The molecular formula is C26H32ClN3O4. The molecule has 7 nitrogen and oxygen atoms in total. The number of methoxy groups -OCH3 is 3. The highest BCUT2D eigenvalue weighted by atomic mass is 35.5. The lowest BCUT2D eigenvalue weighted by Crippen LogP contribution is -2.31. The van der Waals surface area contributed by atoms with E-state index in [4.69, 9.17) is 25.8 Å². The molecule has 0 unspecified atom stereocenters. The van der Waals surface area contributed by atoms with Gasteiger partial charge in [-0.2, -0.15) is 5.10 Å². The molecule has 0 atom stereocenters. The number of halogens is 1. The van der Waals surface area contributed by atoms with Crippen LogP contribution in [0.4, 0.5) is 0 Å². The molecule has 0 fully saturated rings. The number of rotatable bonds is 8. The summed E-state index contributed by atoms with van der Waals surface area (Å²) in [5.41, 5.74) is 2.94. The van der Waals surface area contributed by atoms with E-state index in [0.29, 0.717) is 41.1 Å². The fraction of sp³-hybridized carbons (Fsp3) is 0.385. The van der Waals surface area contributed by atoms with Crippen molar-refractivity contribution in [1.82, 2.24) is 14.7 Å². The van der Waals surface area contributed by atoms with E-state index in [0.717, 1.165) is 16.8 Å². The first kappa shape index (κ1) is 25.4. The molecular weight excluding hydrogens is 454 g/mol. The van der Waals surface area contributed by atoms with E-state index in [1.807, 2.05) is 36.4 Å². The highest BCUT2D eigenvalue weighted by Gasteiger charge is 2.26. The van der Waals surface area contributed by atoms with Gasteiger partial charge in [-0.15, -0.1) is 0 Å². The normalized spacial score (nSPS) is 11.3. The Morgan fingerprint density at radius 2 is 1.68 bits per heavy atom. The molecule has 1 amide bonds. The van der Waals surface area contributed by atoms with Gasteiger partial charge in [0.1, 0.15) is 22.9 Å². The van der Waals surface area contributed by atoms with E-state index in [9.17, 15) is 4.79 Å². The standard InChI is InChI=1S/C26H32ClN3O4/c1-26(2,3)24-14-21(29(4)28-24)25(31)30(15-17-8-11-20(27)23(12-17)34-7)16-18-9-10-19(32-5)13-22(18)33-6/h8-14H,15-16H2,1-7H3. The summed E-state index contributed by atoms with van der Waals surface area (Å²) in [6, 6.07) is 12.9. The average Bonchev–Trinajstić information content (AvgIpc) is 3.21. The number of ether oxygens (including phenoxy) is 3. The van der Waals surface area contributed by atoms with Gasteiger partial charge < -0.3 is 19.1 Å². The maximum absolute atomic E-state index is 13.8. The predicted molar refractivity (Wildman–Crippen MR) is 133 cm³/mol. The van der Waals surface area contributed by atoms with Crippen LogP contribution in [0.3, 0.4) is 0 Å². The Kier molecular flexibility index (Phi) is 7.77. The molecule has 0 aliphatic rings. The van der Waals surface area contributed by atoms with Gasteiger partial charge in [0.05, 0.1) is 38.6 Å². The van der Waals surface area contributed by atoms with Crippen molar-refractivity contribution in [3.63, 3.8) is 0 Å². The summed E-state index contributed by atoms with van der Waals surface area (Å²) in [4.78, 5) is 15.6. The van der Waals surface area contributed by atoms with Crippen molar-refractivity contribution in [2.75, 3.05) is 21.3 Å². The Morgan fingerprint density at radius 3 is 2.26 bits per heavy atom. The third-order valence-electron chi connectivity index (χ3n) is 5.60. The zero-order valence-corrected chi connectivity index (χ0v) is 21.6. The molecule has 34 heavy (non-hydrogen) atoms. The maximum atomic E-state index is 13.8. The molecule has 0 N–H and O–H groups in total. The summed E-state index contributed by atoms with van der Waals surface area (Å²) in [6.07, 6.45) is 0. The average molecular weight is 486 g/mol. The SMILES string of the molecule is COc1ccc(CN(Cc2ccc(Cl)c(OC)c2)C(=O)c2cc(C(C)(C)C)nn2C)c(OC)c1. The molecule has 3 rings (SSSR count).